The second kappa shape index (κ2) is 7.84. The minimum atomic E-state index is -3.71. The number of sulfonamides is 1. The van der Waals surface area contributed by atoms with Gasteiger partial charge in [0, 0.05) is 6.54 Å². The summed E-state index contributed by atoms with van der Waals surface area (Å²) in [5.74, 6) is -0.870. The van der Waals surface area contributed by atoms with E-state index in [2.05, 4.69) is 9.97 Å². The zero-order valence-corrected chi connectivity index (χ0v) is 14.9. The summed E-state index contributed by atoms with van der Waals surface area (Å²) >= 11 is 0. The molecule has 1 aliphatic heterocycles. The first-order valence-corrected chi connectivity index (χ1v) is 9.44. The van der Waals surface area contributed by atoms with Gasteiger partial charge >= 0.3 is 6.01 Å². The number of hydrogen-bond donors (Lipinski definition) is 1. The summed E-state index contributed by atoms with van der Waals surface area (Å²) in [6, 6.07) is 5.68. The first-order chi connectivity index (χ1) is 12.8. The molecule has 1 atom stereocenters. The highest BCUT2D eigenvalue weighted by Gasteiger charge is 2.34. The van der Waals surface area contributed by atoms with Crippen molar-refractivity contribution in [2.75, 3.05) is 19.7 Å². The van der Waals surface area contributed by atoms with E-state index >= 15 is 0 Å². The number of rotatable bonds is 7. The Labute approximate surface area is 155 Å². The van der Waals surface area contributed by atoms with E-state index in [1.165, 1.54) is 28.6 Å². The molecule has 9 nitrogen and oxygen atoms in total. The maximum atomic E-state index is 12.8. The molecule has 0 radical (unpaired) electrons. The van der Waals surface area contributed by atoms with Gasteiger partial charge in [0.25, 0.3) is 5.91 Å². The van der Waals surface area contributed by atoms with Crippen molar-refractivity contribution in [3.8, 4) is 11.8 Å². The van der Waals surface area contributed by atoms with Crippen LogP contribution in [0.5, 0.6) is 11.8 Å². The number of primary amides is 1. The highest BCUT2D eigenvalue weighted by atomic mass is 32.2. The molecule has 27 heavy (non-hydrogen) atoms. The standard InChI is InChI=1S/C16H17FN4O5S/c17-11-7-19-16(20-8-11)26-13-5-6-21(9-13)27(23,24)14-3-1-12(2-4-14)25-10-15(18)22/h1-4,7-8,13H,5-6,9-10H2,(H2,18,22)/t13-/m0/s1. The number of hydrogen-bond acceptors (Lipinski definition) is 7. The number of carbonyl (C=O) groups is 1. The lowest BCUT2D eigenvalue weighted by molar-refractivity contribution is -0.119. The predicted octanol–water partition coefficient (Wildman–Crippen LogP) is 0.322. The van der Waals surface area contributed by atoms with Crippen LogP contribution in [0.15, 0.2) is 41.6 Å². The topological polar surface area (TPSA) is 125 Å². The van der Waals surface area contributed by atoms with Crippen molar-refractivity contribution in [3.63, 3.8) is 0 Å². The molecule has 1 aliphatic rings. The molecular formula is C16H17FN4O5S. The Morgan fingerprint density at radius 3 is 2.56 bits per heavy atom. The fraction of sp³-hybridized carbons (Fsp3) is 0.312. The van der Waals surface area contributed by atoms with Crippen LogP contribution in [0.4, 0.5) is 4.39 Å². The van der Waals surface area contributed by atoms with E-state index in [1.807, 2.05) is 0 Å². The van der Waals surface area contributed by atoms with Crippen LogP contribution in [-0.2, 0) is 14.8 Å². The third-order valence-corrected chi connectivity index (χ3v) is 5.70. The Balaban J connectivity index is 1.63. The van der Waals surface area contributed by atoms with Crippen LogP contribution in [0.1, 0.15) is 6.42 Å². The average molecular weight is 396 g/mol. The summed E-state index contributed by atoms with van der Waals surface area (Å²) in [7, 11) is -3.71. The van der Waals surface area contributed by atoms with Gasteiger partial charge in [-0.3, -0.25) is 4.79 Å². The smallest absolute Gasteiger partial charge is 0.316 e. The van der Waals surface area contributed by atoms with Gasteiger partial charge in [0.1, 0.15) is 11.9 Å². The number of benzene rings is 1. The van der Waals surface area contributed by atoms with Gasteiger partial charge in [0.05, 0.1) is 23.8 Å². The van der Waals surface area contributed by atoms with Crippen molar-refractivity contribution in [3.05, 3.63) is 42.5 Å². The highest BCUT2D eigenvalue weighted by molar-refractivity contribution is 7.89. The van der Waals surface area contributed by atoms with Gasteiger partial charge < -0.3 is 15.2 Å². The van der Waals surface area contributed by atoms with E-state index in [0.29, 0.717) is 12.2 Å². The van der Waals surface area contributed by atoms with Gasteiger partial charge in [0.2, 0.25) is 10.0 Å². The lowest BCUT2D eigenvalue weighted by atomic mass is 10.3. The molecule has 2 heterocycles. The van der Waals surface area contributed by atoms with Crippen molar-refractivity contribution in [2.24, 2.45) is 5.73 Å². The largest absolute Gasteiger partial charge is 0.484 e. The Morgan fingerprint density at radius 2 is 1.93 bits per heavy atom. The molecule has 0 bridgehead atoms. The summed E-state index contributed by atoms with van der Waals surface area (Å²) in [6.45, 7) is 0.111. The van der Waals surface area contributed by atoms with E-state index in [4.69, 9.17) is 15.2 Å². The molecule has 0 saturated carbocycles. The van der Waals surface area contributed by atoms with Gasteiger partial charge in [-0.2, -0.15) is 4.31 Å². The van der Waals surface area contributed by atoms with Gasteiger partial charge in [-0.15, -0.1) is 0 Å². The molecule has 3 rings (SSSR count). The summed E-state index contributed by atoms with van der Waals surface area (Å²) in [4.78, 5) is 18.2. The maximum absolute atomic E-state index is 12.8. The summed E-state index contributed by atoms with van der Waals surface area (Å²) < 4.78 is 50.2. The molecule has 0 spiro atoms. The minimum Gasteiger partial charge on any atom is -0.484 e. The molecule has 2 N–H and O–H groups in total. The van der Waals surface area contributed by atoms with Gasteiger partial charge in [-0.05, 0) is 30.7 Å². The molecule has 1 aromatic carbocycles. The normalized spacial score (nSPS) is 17.6. The molecule has 11 heteroatoms. The molecule has 0 aliphatic carbocycles. The van der Waals surface area contributed by atoms with Crippen LogP contribution in [0, 0.1) is 5.82 Å². The molecule has 144 valence electrons. The molecule has 0 unspecified atom stereocenters. The van der Waals surface area contributed by atoms with Crippen LogP contribution in [-0.4, -0.2) is 54.4 Å². The van der Waals surface area contributed by atoms with Crippen molar-refractivity contribution >= 4 is 15.9 Å². The average Bonchev–Trinajstić information content (AvgIpc) is 3.12. The molecule has 2 aromatic rings. The quantitative estimate of drug-likeness (QED) is 0.715. The van der Waals surface area contributed by atoms with Crippen LogP contribution in [0.25, 0.3) is 0 Å². The Morgan fingerprint density at radius 1 is 1.26 bits per heavy atom. The summed E-state index contributed by atoms with van der Waals surface area (Å²) in [5.41, 5.74) is 4.99. The number of aromatic nitrogens is 2. The van der Waals surface area contributed by atoms with Crippen LogP contribution in [0.2, 0.25) is 0 Å². The molecular weight excluding hydrogens is 379 g/mol. The number of amides is 1. The van der Waals surface area contributed by atoms with Crippen molar-refractivity contribution in [2.45, 2.75) is 17.4 Å². The summed E-state index contributed by atoms with van der Waals surface area (Å²) in [6.07, 6.45) is 1.99. The third-order valence-electron chi connectivity index (χ3n) is 3.82. The first kappa shape index (κ1) is 19.0. The van der Waals surface area contributed by atoms with E-state index in [0.717, 1.165) is 12.4 Å². The Kier molecular flexibility index (Phi) is 5.51. The first-order valence-electron chi connectivity index (χ1n) is 8.00. The van der Waals surface area contributed by atoms with Crippen molar-refractivity contribution in [1.82, 2.24) is 14.3 Å². The number of halogens is 1. The highest BCUT2D eigenvalue weighted by Crippen LogP contribution is 2.24. The van der Waals surface area contributed by atoms with E-state index in [9.17, 15) is 17.6 Å². The van der Waals surface area contributed by atoms with Gasteiger partial charge in [-0.1, -0.05) is 0 Å². The zero-order chi connectivity index (χ0) is 19.4. The summed E-state index contributed by atoms with van der Waals surface area (Å²) in [5, 5.41) is 0. The predicted molar refractivity (Wildman–Crippen MR) is 90.9 cm³/mol. The fourth-order valence-electron chi connectivity index (χ4n) is 2.53. The van der Waals surface area contributed by atoms with Crippen molar-refractivity contribution < 1.29 is 27.1 Å². The number of nitrogens with zero attached hydrogens (tertiary/aromatic N) is 3. The molecule has 1 fully saturated rings. The maximum Gasteiger partial charge on any atom is 0.316 e. The monoisotopic (exact) mass is 396 g/mol. The SMILES string of the molecule is NC(=O)COc1ccc(S(=O)(=O)N2CC[C@H](Oc3ncc(F)cn3)C2)cc1. The third kappa shape index (κ3) is 4.68. The molecule has 1 aromatic heterocycles. The second-order valence-electron chi connectivity index (χ2n) is 5.80. The second-order valence-corrected chi connectivity index (χ2v) is 7.74. The Bertz CT molecular complexity index is 905. The molecule has 1 saturated heterocycles. The van der Waals surface area contributed by atoms with E-state index in [1.54, 1.807) is 0 Å². The van der Waals surface area contributed by atoms with Gasteiger partial charge in [0.15, 0.2) is 12.4 Å². The van der Waals surface area contributed by atoms with Crippen LogP contribution in [0.3, 0.4) is 0 Å². The lowest BCUT2D eigenvalue weighted by Gasteiger charge is -2.17. The molecule has 1 amide bonds. The van der Waals surface area contributed by atoms with Crippen LogP contribution < -0.4 is 15.2 Å². The van der Waals surface area contributed by atoms with Crippen LogP contribution >= 0.6 is 0 Å². The lowest BCUT2D eigenvalue weighted by Crippen LogP contribution is -2.31. The number of carbonyl (C=O) groups excluding carboxylic acids is 1. The number of ether oxygens (including phenoxy) is 2. The van der Waals surface area contributed by atoms with Gasteiger partial charge in [-0.25, -0.2) is 22.8 Å². The Hall–Kier alpha value is -2.79. The van der Waals surface area contributed by atoms with E-state index < -0.39 is 27.9 Å². The van der Waals surface area contributed by atoms with E-state index in [-0.39, 0.29) is 30.6 Å². The fourth-order valence-corrected chi connectivity index (χ4v) is 4.02. The zero-order valence-electron chi connectivity index (χ0n) is 14.1. The number of nitrogens with two attached hydrogens (primary N) is 1. The minimum absolute atomic E-state index is 0.00315. The van der Waals surface area contributed by atoms with Crippen molar-refractivity contribution in [1.29, 1.82) is 0 Å².